The SMILES string of the molecule is Cc1cccc(C2(C)NCCCC2=O)c1.Cl. The molecule has 88 valence electrons. The van der Waals surface area contributed by atoms with Gasteiger partial charge in [0, 0.05) is 6.42 Å². The lowest BCUT2D eigenvalue weighted by molar-refractivity contribution is -0.126. The lowest BCUT2D eigenvalue weighted by atomic mass is 9.82. The van der Waals surface area contributed by atoms with Gasteiger partial charge in [0.25, 0.3) is 0 Å². The number of piperidine rings is 1. The van der Waals surface area contributed by atoms with E-state index >= 15 is 0 Å². The molecule has 1 aliphatic rings. The van der Waals surface area contributed by atoms with Crippen LogP contribution >= 0.6 is 12.4 Å². The molecular formula is C13H18ClNO. The number of Topliss-reactive ketones (excluding diaryl/α,β-unsaturated/α-hetero) is 1. The topological polar surface area (TPSA) is 29.1 Å². The summed E-state index contributed by atoms with van der Waals surface area (Å²) in [6, 6.07) is 8.19. The van der Waals surface area contributed by atoms with Gasteiger partial charge in [-0.15, -0.1) is 12.4 Å². The second-order valence-electron chi connectivity index (χ2n) is 4.45. The fraction of sp³-hybridized carbons (Fsp3) is 0.462. The second-order valence-corrected chi connectivity index (χ2v) is 4.45. The number of carbonyl (C=O) groups is 1. The molecule has 0 bridgehead atoms. The summed E-state index contributed by atoms with van der Waals surface area (Å²) in [4.78, 5) is 12.0. The van der Waals surface area contributed by atoms with Crippen LogP contribution in [0.2, 0.25) is 0 Å². The maximum atomic E-state index is 12.0. The normalized spacial score (nSPS) is 25.0. The summed E-state index contributed by atoms with van der Waals surface area (Å²) in [7, 11) is 0. The first-order valence-corrected chi connectivity index (χ1v) is 5.48. The minimum Gasteiger partial charge on any atom is -0.301 e. The number of ketones is 1. The average Bonchev–Trinajstić information content (AvgIpc) is 2.23. The van der Waals surface area contributed by atoms with Crippen LogP contribution in [-0.2, 0) is 10.3 Å². The van der Waals surface area contributed by atoms with Crippen molar-refractivity contribution in [3.05, 3.63) is 35.4 Å². The summed E-state index contributed by atoms with van der Waals surface area (Å²) in [5.41, 5.74) is 1.82. The molecule has 1 heterocycles. The fourth-order valence-electron chi connectivity index (χ4n) is 2.16. The molecule has 1 atom stereocenters. The zero-order chi connectivity index (χ0) is 10.9. The summed E-state index contributed by atoms with van der Waals surface area (Å²) >= 11 is 0. The Morgan fingerprint density at radius 1 is 1.38 bits per heavy atom. The number of halogens is 1. The molecule has 0 radical (unpaired) electrons. The van der Waals surface area contributed by atoms with Gasteiger partial charge in [0.2, 0.25) is 0 Å². The molecule has 1 aliphatic heterocycles. The maximum Gasteiger partial charge on any atom is 0.157 e. The lowest BCUT2D eigenvalue weighted by Crippen LogP contribution is -2.50. The number of nitrogens with one attached hydrogen (secondary N) is 1. The highest BCUT2D eigenvalue weighted by atomic mass is 35.5. The number of aryl methyl sites for hydroxylation is 1. The second kappa shape index (κ2) is 4.98. The monoisotopic (exact) mass is 239 g/mol. The first-order chi connectivity index (χ1) is 7.13. The van der Waals surface area contributed by atoms with Crippen molar-refractivity contribution in [2.75, 3.05) is 6.54 Å². The van der Waals surface area contributed by atoms with Crippen LogP contribution in [0.4, 0.5) is 0 Å². The molecule has 1 N–H and O–H groups in total. The Labute approximate surface area is 103 Å². The molecule has 2 nitrogen and oxygen atoms in total. The van der Waals surface area contributed by atoms with E-state index in [0.717, 1.165) is 18.5 Å². The minimum absolute atomic E-state index is 0. The van der Waals surface area contributed by atoms with Gasteiger partial charge in [-0.05, 0) is 32.4 Å². The third-order valence-electron chi connectivity index (χ3n) is 3.21. The summed E-state index contributed by atoms with van der Waals surface area (Å²) in [6.45, 7) is 4.97. The predicted octanol–water partition coefficient (Wildman–Crippen LogP) is 2.58. The van der Waals surface area contributed by atoms with Crippen LogP contribution in [0, 0.1) is 6.92 Å². The van der Waals surface area contributed by atoms with Gasteiger partial charge in [0.1, 0.15) is 5.54 Å². The molecule has 0 aromatic heterocycles. The molecule has 2 rings (SSSR count). The molecular weight excluding hydrogens is 222 g/mol. The van der Waals surface area contributed by atoms with E-state index in [2.05, 4.69) is 24.4 Å². The Hall–Kier alpha value is -0.860. The Bertz CT molecular complexity index is 391. The van der Waals surface area contributed by atoms with E-state index in [9.17, 15) is 4.79 Å². The van der Waals surface area contributed by atoms with E-state index < -0.39 is 5.54 Å². The number of rotatable bonds is 1. The van der Waals surface area contributed by atoms with Crippen molar-refractivity contribution < 1.29 is 4.79 Å². The Balaban J connectivity index is 0.00000128. The molecule has 1 unspecified atom stereocenters. The fourth-order valence-corrected chi connectivity index (χ4v) is 2.16. The van der Waals surface area contributed by atoms with E-state index in [-0.39, 0.29) is 12.4 Å². The van der Waals surface area contributed by atoms with E-state index in [1.54, 1.807) is 0 Å². The molecule has 0 spiro atoms. The highest BCUT2D eigenvalue weighted by Gasteiger charge is 2.36. The largest absolute Gasteiger partial charge is 0.301 e. The molecule has 1 aromatic carbocycles. The summed E-state index contributed by atoms with van der Waals surface area (Å²) in [5, 5.41) is 3.34. The van der Waals surface area contributed by atoms with Crippen LogP contribution in [0.25, 0.3) is 0 Å². The Morgan fingerprint density at radius 3 is 2.75 bits per heavy atom. The first kappa shape index (κ1) is 13.2. The van der Waals surface area contributed by atoms with Gasteiger partial charge in [0.15, 0.2) is 5.78 Å². The van der Waals surface area contributed by atoms with Gasteiger partial charge in [-0.3, -0.25) is 4.79 Å². The van der Waals surface area contributed by atoms with Crippen molar-refractivity contribution in [2.45, 2.75) is 32.2 Å². The molecule has 1 saturated heterocycles. The average molecular weight is 240 g/mol. The van der Waals surface area contributed by atoms with Crippen molar-refractivity contribution in [3.63, 3.8) is 0 Å². The van der Waals surface area contributed by atoms with Crippen LogP contribution in [0.3, 0.4) is 0 Å². The van der Waals surface area contributed by atoms with Crippen LogP contribution in [0.15, 0.2) is 24.3 Å². The maximum absolute atomic E-state index is 12.0. The standard InChI is InChI=1S/C13H17NO.ClH/c1-10-5-3-6-11(9-10)13(2)12(15)7-4-8-14-13;/h3,5-6,9,14H,4,7-8H2,1-2H3;1H. The Kier molecular flexibility index (Phi) is 4.11. The van der Waals surface area contributed by atoms with Crippen molar-refractivity contribution >= 4 is 18.2 Å². The smallest absolute Gasteiger partial charge is 0.157 e. The van der Waals surface area contributed by atoms with E-state index in [1.807, 2.05) is 19.1 Å². The highest BCUT2D eigenvalue weighted by Crippen LogP contribution is 2.27. The van der Waals surface area contributed by atoms with Crippen LogP contribution < -0.4 is 5.32 Å². The highest BCUT2D eigenvalue weighted by molar-refractivity contribution is 5.90. The van der Waals surface area contributed by atoms with Gasteiger partial charge in [-0.2, -0.15) is 0 Å². The summed E-state index contributed by atoms with van der Waals surface area (Å²) in [5.74, 6) is 0.305. The molecule has 1 fully saturated rings. The van der Waals surface area contributed by atoms with Crippen molar-refractivity contribution in [3.8, 4) is 0 Å². The third kappa shape index (κ3) is 2.28. The molecule has 0 saturated carbocycles. The van der Waals surface area contributed by atoms with Crippen LogP contribution in [-0.4, -0.2) is 12.3 Å². The van der Waals surface area contributed by atoms with Gasteiger partial charge in [-0.25, -0.2) is 0 Å². The zero-order valence-corrected chi connectivity index (χ0v) is 10.6. The molecule has 3 heteroatoms. The van der Waals surface area contributed by atoms with Gasteiger partial charge in [-0.1, -0.05) is 29.8 Å². The number of benzene rings is 1. The van der Waals surface area contributed by atoms with Crippen molar-refractivity contribution in [1.82, 2.24) is 5.32 Å². The third-order valence-corrected chi connectivity index (χ3v) is 3.21. The summed E-state index contributed by atoms with van der Waals surface area (Å²) in [6.07, 6.45) is 1.65. The summed E-state index contributed by atoms with van der Waals surface area (Å²) < 4.78 is 0. The zero-order valence-electron chi connectivity index (χ0n) is 9.75. The molecule has 0 amide bonds. The number of hydrogen-bond acceptors (Lipinski definition) is 2. The number of hydrogen-bond donors (Lipinski definition) is 1. The number of carbonyl (C=O) groups excluding carboxylic acids is 1. The van der Waals surface area contributed by atoms with Gasteiger partial charge in [0.05, 0.1) is 0 Å². The predicted molar refractivity (Wildman–Crippen MR) is 68.0 cm³/mol. The molecule has 0 aliphatic carbocycles. The molecule has 1 aromatic rings. The van der Waals surface area contributed by atoms with E-state index in [0.29, 0.717) is 12.2 Å². The van der Waals surface area contributed by atoms with Crippen LogP contribution in [0.5, 0.6) is 0 Å². The quantitative estimate of drug-likeness (QED) is 0.816. The first-order valence-electron chi connectivity index (χ1n) is 5.48. The van der Waals surface area contributed by atoms with Gasteiger partial charge < -0.3 is 5.32 Å². The van der Waals surface area contributed by atoms with Gasteiger partial charge >= 0.3 is 0 Å². The van der Waals surface area contributed by atoms with E-state index in [1.165, 1.54) is 5.56 Å². The minimum atomic E-state index is -0.468. The lowest BCUT2D eigenvalue weighted by Gasteiger charge is -2.34. The van der Waals surface area contributed by atoms with Crippen LogP contribution in [0.1, 0.15) is 30.9 Å². The van der Waals surface area contributed by atoms with E-state index in [4.69, 9.17) is 0 Å². The van der Waals surface area contributed by atoms with Crippen molar-refractivity contribution in [2.24, 2.45) is 0 Å². The molecule has 16 heavy (non-hydrogen) atoms. The van der Waals surface area contributed by atoms with Crippen molar-refractivity contribution in [1.29, 1.82) is 0 Å². The Morgan fingerprint density at radius 2 is 2.12 bits per heavy atom.